The number of nitrogens with one attached hydrogen (secondary N) is 1. The summed E-state index contributed by atoms with van der Waals surface area (Å²) in [6, 6.07) is 12.5. The van der Waals surface area contributed by atoms with Gasteiger partial charge < -0.3 is 14.5 Å². The van der Waals surface area contributed by atoms with Gasteiger partial charge >= 0.3 is 0 Å². The first-order valence-corrected chi connectivity index (χ1v) is 11.0. The van der Waals surface area contributed by atoms with E-state index in [1.165, 1.54) is 11.1 Å². The zero-order valence-electron chi connectivity index (χ0n) is 18.5. The van der Waals surface area contributed by atoms with Crippen molar-refractivity contribution < 1.29 is 13.9 Å². The molecule has 0 unspecified atom stereocenters. The van der Waals surface area contributed by atoms with Crippen LogP contribution in [-0.2, 0) is 17.8 Å². The first-order valence-electron chi connectivity index (χ1n) is 11.0. The molecule has 1 fully saturated rings. The lowest BCUT2D eigenvalue weighted by Crippen LogP contribution is -2.38. The van der Waals surface area contributed by atoms with Gasteiger partial charge in [-0.1, -0.05) is 24.3 Å². The summed E-state index contributed by atoms with van der Waals surface area (Å²) in [5.74, 6) is 1.06. The SMILES string of the molecule is Cc1ccccc1CN(Cc1ccc(C(=O)NCCCN2CCOCC2)o1)C(C)C. The number of benzene rings is 1. The Kier molecular flexibility index (Phi) is 8.49. The van der Waals surface area contributed by atoms with Crippen LogP contribution in [-0.4, -0.2) is 61.1 Å². The Labute approximate surface area is 180 Å². The molecule has 3 rings (SSSR count). The van der Waals surface area contributed by atoms with Crippen molar-refractivity contribution in [3.63, 3.8) is 0 Å². The van der Waals surface area contributed by atoms with Crippen LogP contribution in [0.25, 0.3) is 0 Å². The summed E-state index contributed by atoms with van der Waals surface area (Å²) in [7, 11) is 0. The Morgan fingerprint density at radius 1 is 1.13 bits per heavy atom. The molecule has 1 aromatic heterocycles. The minimum atomic E-state index is -0.141. The first kappa shape index (κ1) is 22.5. The molecule has 6 heteroatoms. The van der Waals surface area contributed by atoms with Gasteiger partial charge in [0.05, 0.1) is 19.8 Å². The summed E-state index contributed by atoms with van der Waals surface area (Å²) in [5, 5.41) is 2.97. The fourth-order valence-corrected chi connectivity index (χ4v) is 3.63. The number of aryl methyl sites for hydroxylation is 1. The lowest BCUT2D eigenvalue weighted by atomic mass is 10.1. The van der Waals surface area contributed by atoms with Crippen molar-refractivity contribution in [3.8, 4) is 0 Å². The van der Waals surface area contributed by atoms with Crippen molar-refractivity contribution in [2.75, 3.05) is 39.4 Å². The Morgan fingerprint density at radius 2 is 1.90 bits per heavy atom. The standard InChI is InChI=1S/C24H35N3O3/c1-19(2)27(17-21-8-5-4-7-20(21)3)18-22-9-10-23(30-22)24(28)25-11-6-12-26-13-15-29-16-14-26/h4-5,7-10,19H,6,11-18H2,1-3H3,(H,25,28). The predicted octanol–water partition coefficient (Wildman–Crippen LogP) is 3.45. The second-order valence-corrected chi connectivity index (χ2v) is 8.25. The molecule has 6 nitrogen and oxygen atoms in total. The molecule has 0 saturated carbocycles. The van der Waals surface area contributed by atoms with E-state index in [1.807, 2.05) is 6.07 Å². The van der Waals surface area contributed by atoms with Gasteiger partial charge in [-0.3, -0.25) is 14.6 Å². The average molecular weight is 414 g/mol. The highest BCUT2D eigenvalue weighted by Crippen LogP contribution is 2.17. The molecule has 164 valence electrons. The fourth-order valence-electron chi connectivity index (χ4n) is 3.63. The van der Waals surface area contributed by atoms with Crippen molar-refractivity contribution >= 4 is 5.91 Å². The summed E-state index contributed by atoms with van der Waals surface area (Å²) in [6.07, 6.45) is 0.927. The zero-order chi connectivity index (χ0) is 21.3. The molecule has 1 aliphatic rings. The van der Waals surface area contributed by atoms with E-state index in [0.717, 1.165) is 51.6 Å². The summed E-state index contributed by atoms with van der Waals surface area (Å²) < 4.78 is 11.2. The third-order valence-electron chi connectivity index (χ3n) is 5.65. The number of ether oxygens (including phenoxy) is 1. The van der Waals surface area contributed by atoms with E-state index < -0.39 is 0 Å². The minimum Gasteiger partial charge on any atom is -0.455 e. The van der Waals surface area contributed by atoms with Gasteiger partial charge in [-0.2, -0.15) is 0 Å². The highest BCUT2D eigenvalue weighted by Gasteiger charge is 2.17. The van der Waals surface area contributed by atoms with Crippen molar-refractivity contribution in [2.24, 2.45) is 0 Å². The number of carbonyl (C=O) groups is 1. The molecule has 2 aromatic rings. The first-order chi connectivity index (χ1) is 14.5. The fraction of sp³-hybridized carbons (Fsp3) is 0.542. The summed E-state index contributed by atoms with van der Waals surface area (Å²) in [5.41, 5.74) is 2.61. The van der Waals surface area contributed by atoms with Gasteiger partial charge in [-0.25, -0.2) is 0 Å². The maximum atomic E-state index is 12.4. The Balaban J connectivity index is 1.47. The van der Waals surface area contributed by atoms with Gasteiger partial charge in [0, 0.05) is 32.2 Å². The number of nitrogens with zero attached hydrogens (tertiary/aromatic N) is 2. The molecule has 1 N–H and O–H groups in total. The molecule has 0 aliphatic carbocycles. The van der Waals surface area contributed by atoms with Gasteiger partial charge in [0.15, 0.2) is 5.76 Å². The third kappa shape index (κ3) is 6.69. The van der Waals surface area contributed by atoms with E-state index in [1.54, 1.807) is 6.07 Å². The smallest absolute Gasteiger partial charge is 0.286 e. The van der Waals surface area contributed by atoms with Crippen LogP contribution in [0.2, 0.25) is 0 Å². The van der Waals surface area contributed by atoms with Crippen LogP contribution in [0.1, 0.15) is 47.7 Å². The van der Waals surface area contributed by atoms with E-state index >= 15 is 0 Å². The van der Waals surface area contributed by atoms with Crippen LogP contribution in [0.15, 0.2) is 40.8 Å². The quantitative estimate of drug-likeness (QED) is 0.605. The molecule has 0 atom stereocenters. The maximum Gasteiger partial charge on any atom is 0.286 e. The Morgan fingerprint density at radius 3 is 2.63 bits per heavy atom. The maximum absolute atomic E-state index is 12.4. The molecule has 1 amide bonds. The van der Waals surface area contributed by atoms with Crippen LogP contribution in [0.4, 0.5) is 0 Å². The average Bonchev–Trinajstić information content (AvgIpc) is 3.21. The Hall–Kier alpha value is -2.15. The number of hydrogen-bond donors (Lipinski definition) is 1. The molecule has 1 aromatic carbocycles. The monoisotopic (exact) mass is 413 g/mol. The molecule has 1 aliphatic heterocycles. The van der Waals surface area contributed by atoms with Crippen LogP contribution < -0.4 is 5.32 Å². The Bertz CT molecular complexity index is 796. The summed E-state index contributed by atoms with van der Waals surface area (Å²) in [6.45, 7) is 13.2. The second kappa shape index (κ2) is 11.3. The van der Waals surface area contributed by atoms with E-state index in [9.17, 15) is 4.79 Å². The number of amides is 1. The van der Waals surface area contributed by atoms with Gasteiger partial charge in [-0.05, 0) is 57.0 Å². The van der Waals surface area contributed by atoms with E-state index in [-0.39, 0.29) is 5.91 Å². The van der Waals surface area contributed by atoms with Gasteiger partial charge in [0.1, 0.15) is 5.76 Å². The highest BCUT2D eigenvalue weighted by atomic mass is 16.5. The van der Waals surface area contributed by atoms with Crippen LogP contribution in [0, 0.1) is 6.92 Å². The topological polar surface area (TPSA) is 58.0 Å². The summed E-state index contributed by atoms with van der Waals surface area (Å²) in [4.78, 5) is 17.1. The van der Waals surface area contributed by atoms with E-state index in [2.05, 4.69) is 60.2 Å². The lowest BCUT2D eigenvalue weighted by Gasteiger charge is -2.26. The largest absolute Gasteiger partial charge is 0.455 e. The molecule has 1 saturated heterocycles. The number of hydrogen-bond acceptors (Lipinski definition) is 5. The van der Waals surface area contributed by atoms with E-state index in [4.69, 9.17) is 9.15 Å². The summed E-state index contributed by atoms with van der Waals surface area (Å²) >= 11 is 0. The number of rotatable bonds is 10. The highest BCUT2D eigenvalue weighted by molar-refractivity contribution is 5.91. The second-order valence-electron chi connectivity index (χ2n) is 8.25. The molecular formula is C24H35N3O3. The molecule has 0 spiro atoms. The number of carbonyl (C=O) groups excluding carboxylic acids is 1. The number of morpholine rings is 1. The van der Waals surface area contributed by atoms with Crippen LogP contribution in [0.3, 0.4) is 0 Å². The van der Waals surface area contributed by atoms with Crippen LogP contribution in [0.5, 0.6) is 0 Å². The van der Waals surface area contributed by atoms with Crippen molar-refractivity contribution in [3.05, 3.63) is 59.0 Å². The minimum absolute atomic E-state index is 0.141. The van der Waals surface area contributed by atoms with Gasteiger partial charge in [-0.15, -0.1) is 0 Å². The van der Waals surface area contributed by atoms with Crippen molar-refractivity contribution in [2.45, 2.75) is 46.3 Å². The van der Waals surface area contributed by atoms with Crippen molar-refractivity contribution in [1.82, 2.24) is 15.1 Å². The third-order valence-corrected chi connectivity index (χ3v) is 5.65. The van der Waals surface area contributed by atoms with Crippen LogP contribution >= 0.6 is 0 Å². The molecule has 0 radical (unpaired) electrons. The molecule has 0 bridgehead atoms. The molecule has 2 heterocycles. The number of furan rings is 1. The van der Waals surface area contributed by atoms with Gasteiger partial charge in [0.2, 0.25) is 0 Å². The normalized spacial score (nSPS) is 15.1. The lowest BCUT2D eigenvalue weighted by molar-refractivity contribution is 0.0374. The van der Waals surface area contributed by atoms with Gasteiger partial charge in [0.25, 0.3) is 5.91 Å². The van der Waals surface area contributed by atoms with E-state index in [0.29, 0.717) is 24.9 Å². The molecule has 30 heavy (non-hydrogen) atoms. The van der Waals surface area contributed by atoms with Crippen molar-refractivity contribution in [1.29, 1.82) is 0 Å². The molecular weight excluding hydrogens is 378 g/mol. The predicted molar refractivity (Wildman–Crippen MR) is 118 cm³/mol. The zero-order valence-corrected chi connectivity index (χ0v) is 18.5.